The molecule has 0 atom stereocenters. The highest BCUT2D eigenvalue weighted by Crippen LogP contribution is 2.28. The van der Waals surface area contributed by atoms with Crippen molar-refractivity contribution in [2.45, 2.75) is 6.92 Å². The van der Waals surface area contributed by atoms with Crippen molar-refractivity contribution in [3.63, 3.8) is 0 Å². The lowest BCUT2D eigenvalue weighted by Crippen LogP contribution is -2.18. The zero-order valence-electron chi connectivity index (χ0n) is 18.4. The Labute approximate surface area is 196 Å². The smallest absolute Gasteiger partial charge is 0.272 e. The van der Waals surface area contributed by atoms with Gasteiger partial charge >= 0.3 is 0 Å². The molecule has 0 radical (unpaired) electrons. The Kier molecular flexibility index (Phi) is 5.58. The number of nitrogens with zero attached hydrogens (tertiary/aromatic N) is 4. The van der Waals surface area contributed by atoms with Gasteiger partial charge < -0.3 is 5.11 Å². The van der Waals surface area contributed by atoms with Crippen LogP contribution in [0.1, 0.15) is 21.6 Å². The van der Waals surface area contributed by atoms with E-state index in [0.29, 0.717) is 33.5 Å². The molecule has 1 amide bonds. The van der Waals surface area contributed by atoms with Crippen LogP contribution in [-0.2, 0) is 0 Å². The zero-order chi connectivity index (χ0) is 23.5. The lowest BCUT2D eigenvalue weighted by atomic mass is 10.1. The summed E-state index contributed by atoms with van der Waals surface area (Å²) in [6.45, 7) is 1.86. The molecule has 5 rings (SSSR count). The summed E-state index contributed by atoms with van der Waals surface area (Å²) in [6.07, 6.45) is 1.48. The van der Waals surface area contributed by atoms with Crippen LogP contribution in [0.15, 0.2) is 96.1 Å². The number of hydrazone groups is 1. The highest BCUT2D eigenvalue weighted by Gasteiger charge is 2.20. The van der Waals surface area contributed by atoms with Crippen molar-refractivity contribution >= 4 is 23.2 Å². The van der Waals surface area contributed by atoms with Crippen LogP contribution in [0.2, 0.25) is 0 Å². The first-order chi connectivity index (χ1) is 16.6. The number of fused-ring (bicyclic) bond motifs is 1. The first-order valence-corrected chi connectivity index (χ1v) is 10.7. The third-order valence-corrected chi connectivity index (χ3v) is 5.38. The monoisotopic (exact) mass is 447 g/mol. The lowest BCUT2D eigenvalue weighted by Gasteiger charge is -2.09. The number of amides is 1. The van der Waals surface area contributed by atoms with Gasteiger partial charge in [0, 0.05) is 5.56 Å². The summed E-state index contributed by atoms with van der Waals surface area (Å²) in [5.74, 6) is -0.251. The molecule has 34 heavy (non-hydrogen) atoms. The largest absolute Gasteiger partial charge is 0.508 e. The number of nitrogens with one attached hydrogen (secondary N) is 1. The molecule has 2 N–H and O–H groups in total. The fourth-order valence-electron chi connectivity index (χ4n) is 3.80. The number of hydrogen-bond donors (Lipinski definition) is 2. The summed E-state index contributed by atoms with van der Waals surface area (Å²) in [7, 11) is 0. The lowest BCUT2D eigenvalue weighted by molar-refractivity contribution is 0.0956. The predicted molar refractivity (Wildman–Crippen MR) is 132 cm³/mol. The number of hydrogen-bond acceptors (Lipinski definition) is 5. The van der Waals surface area contributed by atoms with Gasteiger partial charge in [-0.1, -0.05) is 60.7 Å². The second-order valence-corrected chi connectivity index (χ2v) is 7.75. The van der Waals surface area contributed by atoms with Crippen LogP contribution in [0.4, 0.5) is 0 Å². The quantitative estimate of drug-likeness (QED) is 0.297. The number of carbonyl (C=O) groups is 1. The van der Waals surface area contributed by atoms with Crippen molar-refractivity contribution in [3.8, 4) is 22.7 Å². The van der Waals surface area contributed by atoms with Gasteiger partial charge in [-0.15, -0.1) is 0 Å². The number of pyridine rings is 1. The third-order valence-electron chi connectivity index (χ3n) is 5.38. The average molecular weight is 447 g/mol. The molecule has 3 aromatic carbocycles. The molecular formula is C27H21N5O2. The van der Waals surface area contributed by atoms with Crippen molar-refractivity contribution in [2.75, 3.05) is 0 Å². The second kappa shape index (κ2) is 8.99. The number of phenolic OH excluding ortho intramolecular Hbond substituents is 1. The summed E-state index contributed by atoms with van der Waals surface area (Å²) in [5, 5.41) is 19.0. The van der Waals surface area contributed by atoms with E-state index in [1.54, 1.807) is 35.0 Å². The number of phenols is 1. The Hall–Kier alpha value is -4.78. The minimum atomic E-state index is -0.378. The molecule has 7 nitrogen and oxygen atoms in total. The van der Waals surface area contributed by atoms with Gasteiger partial charge in [0.25, 0.3) is 5.91 Å². The molecule has 2 aromatic heterocycles. The van der Waals surface area contributed by atoms with Crippen molar-refractivity contribution in [1.82, 2.24) is 20.2 Å². The van der Waals surface area contributed by atoms with Gasteiger partial charge in [0.2, 0.25) is 0 Å². The summed E-state index contributed by atoms with van der Waals surface area (Å²) in [5.41, 5.74) is 7.37. The number of carbonyl (C=O) groups excluding carboxylic acids is 1. The van der Waals surface area contributed by atoms with Crippen molar-refractivity contribution in [1.29, 1.82) is 0 Å². The number of para-hydroxylation sites is 1. The third kappa shape index (κ3) is 4.14. The Morgan fingerprint density at radius 2 is 1.71 bits per heavy atom. The van der Waals surface area contributed by atoms with Crippen LogP contribution >= 0.6 is 0 Å². The van der Waals surface area contributed by atoms with Gasteiger partial charge in [0.1, 0.15) is 5.75 Å². The number of aromatic hydroxyl groups is 1. The van der Waals surface area contributed by atoms with E-state index in [-0.39, 0.29) is 11.7 Å². The fraction of sp³-hybridized carbons (Fsp3) is 0.0370. The Bertz CT molecular complexity index is 1510. The molecule has 0 aliphatic carbocycles. The van der Waals surface area contributed by atoms with E-state index >= 15 is 0 Å². The molecule has 0 saturated heterocycles. The highest BCUT2D eigenvalue weighted by atomic mass is 16.3. The summed E-state index contributed by atoms with van der Waals surface area (Å²) >= 11 is 0. The molecular weight excluding hydrogens is 426 g/mol. The van der Waals surface area contributed by atoms with E-state index in [1.165, 1.54) is 6.21 Å². The topological polar surface area (TPSA) is 92.4 Å². The minimum Gasteiger partial charge on any atom is -0.508 e. The molecule has 0 saturated carbocycles. The van der Waals surface area contributed by atoms with Crippen LogP contribution < -0.4 is 5.43 Å². The Morgan fingerprint density at radius 3 is 2.44 bits per heavy atom. The maximum absolute atomic E-state index is 13.3. The first kappa shape index (κ1) is 21.1. The SMILES string of the molecule is Cc1nn(-c2ccccc2)c2nc(-c3ccccc3)cc(C(=O)N/N=C/c3cccc(O)c3)c12. The molecule has 0 spiro atoms. The molecule has 0 aliphatic heterocycles. The standard InChI is InChI=1S/C27H21N5O2/c1-18-25-23(27(34)30-28-17-19-9-8-14-22(33)15-19)16-24(20-10-4-2-5-11-20)29-26(25)32(31-18)21-12-6-3-7-13-21/h2-17,33H,1H3,(H,30,34)/b28-17+. The number of rotatable bonds is 5. The van der Waals surface area contributed by atoms with E-state index in [4.69, 9.17) is 4.98 Å². The van der Waals surface area contributed by atoms with E-state index in [1.807, 2.05) is 67.6 Å². The van der Waals surface area contributed by atoms with Crippen LogP contribution in [0.25, 0.3) is 28.0 Å². The fourth-order valence-corrected chi connectivity index (χ4v) is 3.80. The van der Waals surface area contributed by atoms with E-state index in [2.05, 4.69) is 15.6 Å². The minimum absolute atomic E-state index is 0.127. The molecule has 7 heteroatoms. The first-order valence-electron chi connectivity index (χ1n) is 10.7. The van der Waals surface area contributed by atoms with Crippen LogP contribution in [0, 0.1) is 6.92 Å². The average Bonchev–Trinajstić information content (AvgIpc) is 3.21. The van der Waals surface area contributed by atoms with Crippen LogP contribution in [0.3, 0.4) is 0 Å². The van der Waals surface area contributed by atoms with E-state index in [9.17, 15) is 9.90 Å². The molecule has 2 heterocycles. The van der Waals surface area contributed by atoms with Crippen molar-refractivity contribution in [2.24, 2.45) is 5.10 Å². The van der Waals surface area contributed by atoms with Gasteiger partial charge in [0.15, 0.2) is 5.65 Å². The number of aryl methyl sites for hydroxylation is 1. The van der Waals surface area contributed by atoms with Crippen LogP contribution in [-0.4, -0.2) is 32.0 Å². The van der Waals surface area contributed by atoms with Crippen molar-refractivity contribution in [3.05, 3.63) is 108 Å². The van der Waals surface area contributed by atoms with Gasteiger partial charge in [-0.3, -0.25) is 4.79 Å². The van der Waals surface area contributed by atoms with Gasteiger partial charge in [-0.05, 0) is 42.8 Å². The van der Waals surface area contributed by atoms with Gasteiger partial charge in [-0.25, -0.2) is 15.1 Å². The molecule has 0 fully saturated rings. The van der Waals surface area contributed by atoms with E-state index < -0.39 is 0 Å². The molecule has 166 valence electrons. The normalized spacial score (nSPS) is 11.2. The van der Waals surface area contributed by atoms with Crippen molar-refractivity contribution < 1.29 is 9.90 Å². The summed E-state index contributed by atoms with van der Waals surface area (Å²) in [6, 6.07) is 27.8. The van der Waals surface area contributed by atoms with E-state index in [0.717, 1.165) is 11.3 Å². The number of benzene rings is 3. The molecule has 5 aromatic rings. The second-order valence-electron chi connectivity index (χ2n) is 7.75. The van der Waals surface area contributed by atoms with Gasteiger partial charge in [-0.2, -0.15) is 10.2 Å². The summed E-state index contributed by atoms with van der Waals surface area (Å²) < 4.78 is 1.75. The summed E-state index contributed by atoms with van der Waals surface area (Å²) in [4.78, 5) is 18.1. The molecule has 0 unspecified atom stereocenters. The van der Waals surface area contributed by atoms with Crippen LogP contribution in [0.5, 0.6) is 5.75 Å². The Morgan fingerprint density at radius 1 is 0.971 bits per heavy atom. The maximum Gasteiger partial charge on any atom is 0.272 e. The molecule has 0 aliphatic rings. The zero-order valence-corrected chi connectivity index (χ0v) is 18.4. The Balaban J connectivity index is 1.61. The predicted octanol–water partition coefficient (Wildman–Crippen LogP) is 4.87. The highest BCUT2D eigenvalue weighted by molar-refractivity contribution is 6.08. The maximum atomic E-state index is 13.3. The number of aromatic nitrogens is 3. The van der Waals surface area contributed by atoms with Gasteiger partial charge in [0.05, 0.1) is 34.2 Å². The molecule has 0 bridgehead atoms.